The van der Waals surface area contributed by atoms with Gasteiger partial charge in [0.05, 0.1) is 43.7 Å². The van der Waals surface area contributed by atoms with Crippen molar-refractivity contribution in [1.29, 1.82) is 0 Å². The first kappa shape index (κ1) is 24.0. The SMILES string of the molecule is COC(=O)c1ccc(C(OC)OC2C3(C(C)C)OC3C3CC34C3(O)CCC5=C(COC5)C3CC3OC324)cc1. The molecule has 7 aliphatic rings. The van der Waals surface area contributed by atoms with Crippen LogP contribution in [0.2, 0.25) is 0 Å². The molecule has 3 aliphatic heterocycles. The fraction of sp³-hybridized carbons (Fsp3) is 0.700. The van der Waals surface area contributed by atoms with E-state index in [1.54, 1.807) is 19.2 Å². The molecule has 4 aliphatic carbocycles. The molecule has 0 aromatic heterocycles. The molecule has 38 heavy (non-hydrogen) atoms. The van der Waals surface area contributed by atoms with E-state index < -0.39 is 23.1 Å². The second-order valence-corrected chi connectivity index (χ2v) is 12.8. The zero-order valence-electron chi connectivity index (χ0n) is 22.4. The fourth-order valence-corrected chi connectivity index (χ4v) is 9.56. The Bertz CT molecular complexity index is 1240. The second-order valence-electron chi connectivity index (χ2n) is 12.8. The van der Waals surface area contributed by atoms with Crippen LogP contribution in [0.5, 0.6) is 0 Å². The van der Waals surface area contributed by atoms with Crippen LogP contribution in [0.1, 0.15) is 61.7 Å². The van der Waals surface area contributed by atoms with Gasteiger partial charge < -0.3 is 33.5 Å². The van der Waals surface area contributed by atoms with Gasteiger partial charge in [0.15, 0.2) is 6.29 Å². The lowest BCUT2D eigenvalue weighted by molar-refractivity contribution is -0.233. The van der Waals surface area contributed by atoms with Crippen LogP contribution in [-0.4, -0.2) is 73.6 Å². The highest BCUT2D eigenvalue weighted by molar-refractivity contribution is 5.89. The number of benzene rings is 1. The van der Waals surface area contributed by atoms with Gasteiger partial charge >= 0.3 is 5.97 Å². The first-order valence-corrected chi connectivity index (χ1v) is 14.0. The van der Waals surface area contributed by atoms with Crippen molar-refractivity contribution in [3.05, 3.63) is 46.5 Å². The molecule has 10 atom stereocenters. The van der Waals surface area contributed by atoms with E-state index >= 15 is 0 Å². The van der Waals surface area contributed by atoms with Gasteiger partial charge in [-0.3, -0.25) is 0 Å². The van der Waals surface area contributed by atoms with E-state index in [9.17, 15) is 9.90 Å². The van der Waals surface area contributed by atoms with Crippen molar-refractivity contribution >= 4 is 5.97 Å². The molecular weight excluding hydrogens is 488 g/mol. The standard InChI is InChI=1S/C30H36O8/c1-15(2)29-23(38-29)21-12-27(21)28(32)10-9-18-13-35-14-19(18)20(28)11-22-30(27,37-22)26(29)36-25(34-4)17-7-5-16(6-8-17)24(31)33-3/h5-8,15,20-23,25-26,32H,9-14H2,1-4H3. The van der Waals surface area contributed by atoms with Gasteiger partial charge in [0.2, 0.25) is 0 Å². The van der Waals surface area contributed by atoms with E-state index in [0.29, 0.717) is 18.8 Å². The molecule has 10 unspecified atom stereocenters. The molecule has 1 aromatic carbocycles. The second kappa shape index (κ2) is 7.47. The summed E-state index contributed by atoms with van der Waals surface area (Å²) in [6.07, 6.45) is 2.32. The lowest BCUT2D eigenvalue weighted by atomic mass is 9.50. The van der Waals surface area contributed by atoms with Gasteiger partial charge in [-0.2, -0.15) is 0 Å². The van der Waals surface area contributed by atoms with E-state index in [4.69, 9.17) is 28.4 Å². The van der Waals surface area contributed by atoms with Crippen molar-refractivity contribution in [2.45, 2.75) is 80.9 Å². The van der Waals surface area contributed by atoms with Crippen LogP contribution >= 0.6 is 0 Å². The van der Waals surface area contributed by atoms with Gasteiger partial charge in [-0.25, -0.2) is 4.79 Å². The summed E-state index contributed by atoms with van der Waals surface area (Å²) in [6, 6.07) is 7.14. The van der Waals surface area contributed by atoms with E-state index in [1.165, 1.54) is 18.3 Å². The number of esters is 1. The summed E-state index contributed by atoms with van der Waals surface area (Å²) < 4.78 is 37.0. The molecule has 0 bridgehead atoms. The van der Waals surface area contributed by atoms with Crippen molar-refractivity contribution in [3.63, 3.8) is 0 Å². The van der Waals surface area contributed by atoms with Gasteiger partial charge in [-0.15, -0.1) is 0 Å². The predicted octanol–water partition coefficient (Wildman–Crippen LogP) is 3.33. The number of aliphatic hydroxyl groups is 1. The third-order valence-electron chi connectivity index (χ3n) is 11.3. The summed E-state index contributed by atoms with van der Waals surface area (Å²) in [5.74, 6) is 0.178. The Morgan fingerprint density at radius 2 is 1.92 bits per heavy atom. The van der Waals surface area contributed by atoms with Crippen LogP contribution in [0, 0.1) is 23.2 Å². The van der Waals surface area contributed by atoms with E-state index in [1.807, 2.05) is 12.1 Å². The molecule has 5 fully saturated rings. The highest BCUT2D eigenvalue weighted by atomic mass is 16.7. The van der Waals surface area contributed by atoms with Gasteiger partial charge in [-0.05, 0) is 54.9 Å². The first-order valence-electron chi connectivity index (χ1n) is 14.0. The van der Waals surface area contributed by atoms with Crippen LogP contribution in [0.3, 0.4) is 0 Å². The van der Waals surface area contributed by atoms with Crippen LogP contribution in [0.15, 0.2) is 35.4 Å². The molecule has 1 N–H and O–H groups in total. The van der Waals surface area contributed by atoms with Crippen LogP contribution in [0.25, 0.3) is 0 Å². The van der Waals surface area contributed by atoms with Crippen molar-refractivity contribution in [2.75, 3.05) is 27.4 Å². The summed E-state index contributed by atoms with van der Waals surface area (Å²) in [4.78, 5) is 12.0. The minimum atomic E-state index is -0.849. The topological polar surface area (TPSA) is 99.3 Å². The molecule has 204 valence electrons. The average Bonchev–Trinajstić information content (AvgIpc) is 3.85. The van der Waals surface area contributed by atoms with Crippen LogP contribution in [0.4, 0.5) is 0 Å². The Kier molecular flexibility index (Phi) is 4.73. The number of epoxide rings is 2. The number of fused-ring (bicyclic) bond motifs is 4. The number of methoxy groups -OCH3 is 2. The van der Waals surface area contributed by atoms with E-state index in [0.717, 1.165) is 31.2 Å². The number of hydrogen-bond acceptors (Lipinski definition) is 8. The number of carbonyl (C=O) groups is 1. The molecule has 8 rings (SSSR count). The smallest absolute Gasteiger partial charge is 0.337 e. The molecule has 1 aromatic rings. The summed E-state index contributed by atoms with van der Waals surface area (Å²) >= 11 is 0. The van der Waals surface area contributed by atoms with Crippen molar-refractivity contribution < 1.29 is 38.3 Å². The van der Waals surface area contributed by atoms with Crippen LogP contribution in [-0.2, 0) is 28.4 Å². The summed E-state index contributed by atoms with van der Waals surface area (Å²) in [5.41, 5.74) is 1.68. The van der Waals surface area contributed by atoms with E-state index in [-0.39, 0.29) is 47.4 Å². The largest absolute Gasteiger partial charge is 0.465 e. The van der Waals surface area contributed by atoms with Gasteiger partial charge in [-0.1, -0.05) is 26.0 Å². The van der Waals surface area contributed by atoms with Gasteiger partial charge in [0, 0.05) is 29.9 Å². The third kappa shape index (κ3) is 2.56. The maximum Gasteiger partial charge on any atom is 0.337 e. The van der Waals surface area contributed by atoms with Gasteiger partial charge in [0.25, 0.3) is 0 Å². The lowest BCUT2D eigenvalue weighted by Gasteiger charge is -2.55. The molecule has 2 saturated heterocycles. The third-order valence-corrected chi connectivity index (χ3v) is 11.3. The number of carbonyl (C=O) groups excluding carboxylic acids is 1. The average molecular weight is 525 g/mol. The minimum absolute atomic E-state index is 0.00945. The Labute approximate surface area is 222 Å². The lowest BCUT2D eigenvalue weighted by Crippen LogP contribution is -2.69. The first-order chi connectivity index (χ1) is 18.3. The molecule has 8 nitrogen and oxygen atoms in total. The van der Waals surface area contributed by atoms with Gasteiger partial charge in [0.1, 0.15) is 17.3 Å². The summed E-state index contributed by atoms with van der Waals surface area (Å²) in [7, 11) is 3.00. The number of hydrogen-bond donors (Lipinski definition) is 1. The molecular formula is C30H36O8. The molecule has 3 heterocycles. The molecule has 2 spiro atoms. The Morgan fingerprint density at radius 3 is 2.63 bits per heavy atom. The summed E-state index contributed by atoms with van der Waals surface area (Å²) in [5, 5.41) is 12.7. The van der Waals surface area contributed by atoms with Crippen molar-refractivity contribution in [2.24, 2.45) is 23.2 Å². The summed E-state index contributed by atoms with van der Waals surface area (Å²) in [6.45, 7) is 5.72. The molecule has 8 heteroatoms. The molecule has 0 amide bonds. The Balaban J connectivity index is 1.18. The molecule has 0 radical (unpaired) electrons. The number of rotatable bonds is 6. The quantitative estimate of drug-likeness (QED) is 0.262. The predicted molar refractivity (Wildman–Crippen MR) is 133 cm³/mol. The monoisotopic (exact) mass is 524 g/mol. The zero-order valence-corrected chi connectivity index (χ0v) is 22.4. The zero-order chi connectivity index (χ0) is 26.2. The number of ether oxygens (including phenoxy) is 6. The van der Waals surface area contributed by atoms with Crippen LogP contribution < -0.4 is 0 Å². The Morgan fingerprint density at radius 1 is 1.13 bits per heavy atom. The van der Waals surface area contributed by atoms with Crippen molar-refractivity contribution in [1.82, 2.24) is 0 Å². The maximum atomic E-state index is 12.7. The Hall–Kier alpha value is -1.81. The van der Waals surface area contributed by atoms with E-state index in [2.05, 4.69) is 13.8 Å². The van der Waals surface area contributed by atoms with Crippen molar-refractivity contribution in [3.8, 4) is 0 Å². The highest BCUT2D eigenvalue weighted by Crippen LogP contribution is 2.88. The highest BCUT2D eigenvalue weighted by Gasteiger charge is 2.99. The molecule has 3 saturated carbocycles. The fourth-order valence-electron chi connectivity index (χ4n) is 9.56. The normalized spacial score (nSPS) is 47.7. The minimum Gasteiger partial charge on any atom is -0.465 e. The maximum absolute atomic E-state index is 12.7.